The Labute approximate surface area is 103 Å². The lowest BCUT2D eigenvalue weighted by atomic mass is 9.92. The second kappa shape index (κ2) is 4.45. The smallest absolute Gasteiger partial charge is 0.407 e. The molecule has 0 spiro atoms. The van der Waals surface area contributed by atoms with Crippen molar-refractivity contribution in [3.05, 3.63) is 34.4 Å². The number of alkyl halides is 1. The van der Waals surface area contributed by atoms with Crippen LogP contribution in [0.2, 0.25) is 0 Å². The first kappa shape index (κ1) is 11.5. The molecule has 0 aliphatic carbocycles. The molecule has 3 nitrogen and oxygen atoms in total. The van der Waals surface area contributed by atoms with E-state index >= 15 is 0 Å². The minimum absolute atomic E-state index is 0.522. The van der Waals surface area contributed by atoms with Crippen molar-refractivity contribution in [1.82, 2.24) is 4.90 Å². The third-order valence-electron chi connectivity index (χ3n) is 3.22. The lowest BCUT2D eigenvalue weighted by molar-refractivity contribution is 0.140. The van der Waals surface area contributed by atoms with E-state index in [4.69, 9.17) is 5.11 Å². The van der Waals surface area contributed by atoms with Crippen molar-refractivity contribution in [1.29, 1.82) is 0 Å². The molecular weight excluding hydrogens is 270 g/mol. The average Bonchev–Trinajstić information content (AvgIpc) is 2.29. The molecule has 0 atom stereocenters. The maximum atomic E-state index is 10.9. The zero-order valence-electron chi connectivity index (χ0n) is 9.16. The molecule has 16 heavy (non-hydrogen) atoms. The number of hydrogen-bond donors (Lipinski definition) is 1. The van der Waals surface area contributed by atoms with E-state index in [-0.39, 0.29) is 0 Å². The summed E-state index contributed by atoms with van der Waals surface area (Å²) in [5, 5.41) is 9.81. The fraction of sp³-hybridized carbons (Fsp3) is 0.417. The first-order chi connectivity index (χ1) is 7.63. The van der Waals surface area contributed by atoms with Gasteiger partial charge >= 0.3 is 6.09 Å². The number of carboxylic acid groups (broad SMARTS) is 1. The van der Waals surface area contributed by atoms with E-state index in [1.165, 1.54) is 21.6 Å². The Bertz CT molecular complexity index is 431. The first-order valence-electron chi connectivity index (χ1n) is 5.27. The molecule has 1 aliphatic heterocycles. The van der Waals surface area contributed by atoms with Gasteiger partial charge in [0.15, 0.2) is 0 Å². The van der Waals surface area contributed by atoms with Crippen LogP contribution in [0.25, 0.3) is 0 Å². The molecule has 0 fully saturated rings. The molecule has 1 aromatic rings. The highest BCUT2D eigenvalue weighted by Gasteiger charge is 2.21. The minimum Gasteiger partial charge on any atom is -0.465 e. The molecule has 0 bridgehead atoms. The molecule has 0 radical (unpaired) electrons. The Morgan fingerprint density at radius 1 is 1.56 bits per heavy atom. The molecule has 86 valence electrons. The Kier molecular flexibility index (Phi) is 3.19. The number of fused-ring (bicyclic) bond motifs is 1. The van der Waals surface area contributed by atoms with Crippen LogP contribution in [0.4, 0.5) is 4.79 Å². The zero-order valence-corrected chi connectivity index (χ0v) is 10.7. The molecule has 1 amide bonds. The fourth-order valence-corrected chi connectivity index (χ4v) is 2.80. The van der Waals surface area contributed by atoms with Crippen LogP contribution in [-0.2, 0) is 18.3 Å². The van der Waals surface area contributed by atoms with Gasteiger partial charge in [0, 0.05) is 18.4 Å². The number of nitrogens with zero attached hydrogens (tertiary/aromatic N) is 1. The SMILES string of the molecule is Cc1c(CBr)ccc2c1CCN(C(=O)O)C2. The number of amides is 1. The van der Waals surface area contributed by atoms with Gasteiger partial charge in [-0.05, 0) is 35.6 Å². The summed E-state index contributed by atoms with van der Waals surface area (Å²) >= 11 is 3.47. The molecule has 2 rings (SSSR count). The van der Waals surface area contributed by atoms with Crippen molar-refractivity contribution < 1.29 is 9.90 Å². The summed E-state index contributed by atoms with van der Waals surface area (Å²) in [7, 11) is 0. The van der Waals surface area contributed by atoms with Crippen LogP contribution >= 0.6 is 15.9 Å². The Morgan fingerprint density at radius 2 is 2.31 bits per heavy atom. The largest absolute Gasteiger partial charge is 0.465 e. The molecule has 0 aromatic heterocycles. The van der Waals surface area contributed by atoms with Gasteiger partial charge in [0.1, 0.15) is 0 Å². The van der Waals surface area contributed by atoms with E-state index in [1.54, 1.807) is 0 Å². The van der Waals surface area contributed by atoms with Crippen molar-refractivity contribution >= 4 is 22.0 Å². The van der Waals surface area contributed by atoms with Gasteiger partial charge in [-0.1, -0.05) is 28.1 Å². The third kappa shape index (κ3) is 1.94. The predicted octanol–water partition coefficient (Wildman–Crippen LogP) is 2.93. The monoisotopic (exact) mass is 283 g/mol. The van der Waals surface area contributed by atoms with Gasteiger partial charge in [-0.3, -0.25) is 0 Å². The summed E-state index contributed by atoms with van der Waals surface area (Å²) in [6.45, 7) is 3.24. The van der Waals surface area contributed by atoms with Crippen molar-refractivity contribution in [3.8, 4) is 0 Å². The van der Waals surface area contributed by atoms with E-state index < -0.39 is 6.09 Å². The summed E-state index contributed by atoms with van der Waals surface area (Å²) in [5.41, 5.74) is 5.08. The molecule has 0 saturated heterocycles. The van der Waals surface area contributed by atoms with Crippen molar-refractivity contribution in [2.24, 2.45) is 0 Å². The molecule has 1 aromatic carbocycles. The van der Waals surface area contributed by atoms with Crippen LogP contribution < -0.4 is 0 Å². The molecule has 1 heterocycles. The Morgan fingerprint density at radius 3 is 2.94 bits per heavy atom. The summed E-state index contributed by atoms with van der Waals surface area (Å²) < 4.78 is 0. The van der Waals surface area contributed by atoms with Crippen LogP contribution in [0, 0.1) is 6.92 Å². The van der Waals surface area contributed by atoms with Crippen LogP contribution in [0.1, 0.15) is 22.3 Å². The number of halogens is 1. The lowest BCUT2D eigenvalue weighted by Gasteiger charge is -2.28. The zero-order chi connectivity index (χ0) is 11.7. The summed E-state index contributed by atoms with van der Waals surface area (Å²) in [5.74, 6) is 0. The highest BCUT2D eigenvalue weighted by Crippen LogP contribution is 2.26. The summed E-state index contributed by atoms with van der Waals surface area (Å²) in [6, 6.07) is 4.13. The number of rotatable bonds is 1. The minimum atomic E-state index is -0.826. The highest BCUT2D eigenvalue weighted by atomic mass is 79.9. The Balaban J connectivity index is 2.35. The Hall–Kier alpha value is -1.03. The fourth-order valence-electron chi connectivity index (χ4n) is 2.20. The normalized spacial score (nSPS) is 14.8. The first-order valence-corrected chi connectivity index (χ1v) is 6.39. The third-order valence-corrected chi connectivity index (χ3v) is 3.82. The van der Waals surface area contributed by atoms with Gasteiger partial charge in [0.2, 0.25) is 0 Å². The maximum Gasteiger partial charge on any atom is 0.407 e. The topological polar surface area (TPSA) is 40.5 Å². The van der Waals surface area contributed by atoms with Crippen LogP contribution in [0.15, 0.2) is 12.1 Å². The highest BCUT2D eigenvalue weighted by molar-refractivity contribution is 9.08. The van der Waals surface area contributed by atoms with Crippen LogP contribution in [0.3, 0.4) is 0 Å². The van der Waals surface area contributed by atoms with Gasteiger partial charge in [0.05, 0.1) is 0 Å². The van der Waals surface area contributed by atoms with Gasteiger partial charge < -0.3 is 10.0 Å². The van der Waals surface area contributed by atoms with Gasteiger partial charge in [0.25, 0.3) is 0 Å². The standard InChI is InChI=1S/C12H14BrNO2/c1-8-9(6-13)2-3-10-7-14(12(15)16)5-4-11(8)10/h2-3H,4-7H2,1H3,(H,15,16). The van der Waals surface area contributed by atoms with Crippen molar-refractivity contribution in [2.75, 3.05) is 6.54 Å². The second-order valence-electron chi connectivity index (χ2n) is 4.08. The van der Waals surface area contributed by atoms with Crippen molar-refractivity contribution in [2.45, 2.75) is 25.2 Å². The van der Waals surface area contributed by atoms with Crippen molar-refractivity contribution in [3.63, 3.8) is 0 Å². The van der Waals surface area contributed by atoms with Crippen LogP contribution in [0.5, 0.6) is 0 Å². The lowest BCUT2D eigenvalue weighted by Crippen LogP contribution is -2.35. The second-order valence-corrected chi connectivity index (χ2v) is 4.64. The summed E-state index contributed by atoms with van der Waals surface area (Å²) in [4.78, 5) is 12.4. The predicted molar refractivity (Wildman–Crippen MR) is 65.9 cm³/mol. The van der Waals surface area contributed by atoms with Gasteiger partial charge in [-0.15, -0.1) is 0 Å². The van der Waals surface area contributed by atoms with Gasteiger partial charge in [-0.2, -0.15) is 0 Å². The number of carbonyl (C=O) groups is 1. The quantitative estimate of drug-likeness (QED) is 0.805. The molecule has 0 unspecified atom stereocenters. The summed E-state index contributed by atoms with van der Waals surface area (Å²) in [6.07, 6.45) is 0.00164. The van der Waals surface area contributed by atoms with E-state index in [2.05, 4.69) is 28.9 Å². The average molecular weight is 284 g/mol. The van der Waals surface area contributed by atoms with Crippen LogP contribution in [-0.4, -0.2) is 22.6 Å². The molecule has 1 aliphatic rings. The maximum absolute atomic E-state index is 10.9. The molecule has 4 heteroatoms. The van der Waals surface area contributed by atoms with E-state index in [1.807, 2.05) is 6.07 Å². The van der Waals surface area contributed by atoms with E-state index in [0.29, 0.717) is 13.1 Å². The number of hydrogen-bond acceptors (Lipinski definition) is 1. The molecular formula is C12H14BrNO2. The van der Waals surface area contributed by atoms with E-state index in [0.717, 1.165) is 17.3 Å². The molecule has 0 saturated carbocycles. The molecule has 1 N–H and O–H groups in total. The number of benzene rings is 1. The van der Waals surface area contributed by atoms with Gasteiger partial charge in [-0.25, -0.2) is 4.79 Å². The van der Waals surface area contributed by atoms with E-state index in [9.17, 15) is 4.79 Å².